The minimum absolute atomic E-state index is 0.125. The first-order valence-electron chi connectivity index (χ1n) is 5.64. The summed E-state index contributed by atoms with van der Waals surface area (Å²) < 4.78 is 0. The Hall–Kier alpha value is -1.58. The zero-order chi connectivity index (χ0) is 14.0. The Morgan fingerprint density at radius 1 is 0.947 bits per heavy atom. The van der Waals surface area contributed by atoms with E-state index in [1.807, 2.05) is 32.0 Å². The van der Waals surface area contributed by atoms with Crippen LogP contribution in [0.25, 0.3) is 0 Å². The number of nitrogens with zero attached hydrogens (tertiary/aromatic N) is 2. The van der Waals surface area contributed by atoms with Crippen LogP contribution in [0.5, 0.6) is 5.75 Å². The van der Waals surface area contributed by atoms with E-state index in [1.165, 1.54) is 12.1 Å². The van der Waals surface area contributed by atoms with Crippen molar-refractivity contribution in [2.75, 3.05) is 0 Å². The number of hydrogen-bond donors (Lipinski definition) is 1. The van der Waals surface area contributed by atoms with Crippen molar-refractivity contribution in [3.63, 3.8) is 0 Å². The SMILES string of the molecule is Cc1ccc(N=Nc2cc(Cl)cc(Cl)c2O)c(C)c1. The number of phenolic OH excluding ortho intramolecular Hbond substituents is 1. The Balaban J connectivity index is 2.38. The van der Waals surface area contributed by atoms with Gasteiger partial charge in [-0.05, 0) is 37.6 Å². The predicted molar refractivity (Wildman–Crippen MR) is 78.2 cm³/mol. The Labute approximate surface area is 121 Å². The van der Waals surface area contributed by atoms with E-state index in [4.69, 9.17) is 23.2 Å². The molecule has 2 aromatic carbocycles. The number of hydrogen-bond acceptors (Lipinski definition) is 3. The van der Waals surface area contributed by atoms with E-state index in [9.17, 15) is 5.11 Å². The molecule has 0 bridgehead atoms. The van der Waals surface area contributed by atoms with Crippen LogP contribution in [0.3, 0.4) is 0 Å². The van der Waals surface area contributed by atoms with E-state index in [1.54, 1.807) is 0 Å². The molecule has 0 atom stereocenters. The molecular weight excluding hydrogens is 283 g/mol. The number of benzene rings is 2. The molecular formula is C14H12Cl2N2O. The molecule has 0 spiro atoms. The number of aromatic hydroxyl groups is 1. The summed E-state index contributed by atoms with van der Waals surface area (Å²) in [4.78, 5) is 0. The summed E-state index contributed by atoms with van der Waals surface area (Å²) in [6.45, 7) is 3.96. The van der Waals surface area contributed by atoms with Gasteiger partial charge in [0.1, 0.15) is 5.69 Å². The summed E-state index contributed by atoms with van der Waals surface area (Å²) in [6, 6.07) is 8.80. The molecule has 0 aliphatic carbocycles. The first kappa shape index (κ1) is 13.8. The maximum Gasteiger partial charge on any atom is 0.161 e. The van der Waals surface area contributed by atoms with Gasteiger partial charge in [0.15, 0.2) is 5.75 Å². The minimum Gasteiger partial charge on any atom is -0.504 e. The molecule has 0 aliphatic rings. The third-order valence-electron chi connectivity index (χ3n) is 2.63. The van der Waals surface area contributed by atoms with Crippen LogP contribution in [0.4, 0.5) is 11.4 Å². The average Bonchev–Trinajstić information content (AvgIpc) is 2.33. The van der Waals surface area contributed by atoms with E-state index < -0.39 is 0 Å². The number of halogens is 2. The van der Waals surface area contributed by atoms with Crippen LogP contribution in [0, 0.1) is 13.8 Å². The lowest BCUT2D eigenvalue weighted by Crippen LogP contribution is -1.77. The summed E-state index contributed by atoms with van der Waals surface area (Å²) in [7, 11) is 0. The molecule has 1 N–H and O–H groups in total. The molecule has 19 heavy (non-hydrogen) atoms. The van der Waals surface area contributed by atoms with E-state index in [2.05, 4.69) is 10.2 Å². The van der Waals surface area contributed by atoms with Crippen molar-refractivity contribution >= 4 is 34.6 Å². The first-order chi connectivity index (χ1) is 8.97. The van der Waals surface area contributed by atoms with Crippen molar-refractivity contribution in [2.24, 2.45) is 10.2 Å². The Morgan fingerprint density at radius 2 is 1.63 bits per heavy atom. The van der Waals surface area contributed by atoms with E-state index in [0.717, 1.165) is 16.8 Å². The summed E-state index contributed by atoms with van der Waals surface area (Å²) in [5.74, 6) is -0.125. The van der Waals surface area contributed by atoms with Gasteiger partial charge in [0.25, 0.3) is 0 Å². The highest BCUT2D eigenvalue weighted by Crippen LogP contribution is 2.37. The van der Waals surface area contributed by atoms with Crippen molar-refractivity contribution in [3.8, 4) is 5.75 Å². The summed E-state index contributed by atoms with van der Waals surface area (Å²) in [6.07, 6.45) is 0. The zero-order valence-corrected chi connectivity index (χ0v) is 12.0. The summed E-state index contributed by atoms with van der Waals surface area (Å²) >= 11 is 11.7. The number of aryl methyl sites for hydroxylation is 2. The summed E-state index contributed by atoms with van der Waals surface area (Å²) in [5.41, 5.74) is 3.15. The monoisotopic (exact) mass is 294 g/mol. The quantitative estimate of drug-likeness (QED) is 0.706. The van der Waals surface area contributed by atoms with Crippen LogP contribution in [-0.2, 0) is 0 Å². The van der Waals surface area contributed by atoms with Gasteiger partial charge in [0.2, 0.25) is 0 Å². The molecule has 0 radical (unpaired) electrons. The third kappa shape index (κ3) is 3.25. The second kappa shape index (κ2) is 5.59. The molecule has 0 heterocycles. The van der Waals surface area contributed by atoms with Crippen molar-refractivity contribution in [1.82, 2.24) is 0 Å². The van der Waals surface area contributed by atoms with Crippen LogP contribution in [-0.4, -0.2) is 5.11 Å². The van der Waals surface area contributed by atoms with E-state index >= 15 is 0 Å². The second-order valence-electron chi connectivity index (χ2n) is 4.25. The average molecular weight is 295 g/mol. The van der Waals surface area contributed by atoms with Crippen molar-refractivity contribution < 1.29 is 5.11 Å². The lowest BCUT2D eigenvalue weighted by molar-refractivity contribution is 0.476. The second-order valence-corrected chi connectivity index (χ2v) is 5.09. The first-order valence-corrected chi connectivity index (χ1v) is 6.40. The lowest BCUT2D eigenvalue weighted by atomic mass is 10.1. The highest BCUT2D eigenvalue weighted by molar-refractivity contribution is 6.36. The molecule has 0 amide bonds. The molecule has 5 heteroatoms. The van der Waals surface area contributed by atoms with Gasteiger partial charge in [-0.15, -0.1) is 5.11 Å². The normalized spacial score (nSPS) is 11.2. The highest BCUT2D eigenvalue weighted by atomic mass is 35.5. The largest absolute Gasteiger partial charge is 0.504 e. The highest BCUT2D eigenvalue weighted by Gasteiger charge is 2.07. The maximum atomic E-state index is 9.77. The van der Waals surface area contributed by atoms with Crippen molar-refractivity contribution in [2.45, 2.75) is 13.8 Å². The van der Waals surface area contributed by atoms with Gasteiger partial charge in [-0.1, -0.05) is 40.9 Å². The fourth-order valence-corrected chi connectivity index (χ4v) is 2.14. The van der Waals surface area contributed by atoms with Crippen molar-refractivity contribution in [3.05, 3.63) is 51.5 Å². The molecule has 98 valence electrons. The molecule has 0 aromatic heterocycles. The van der Waals surface area contributed by atoms with Crippen LogP contribution in [0.1, 0.15) is 11.1 Å². The fourth-order valence-electron chi connectivity index (χ4n) is 1.65. The number of rotatable bonds is 2. The standard InChI is InChI=1S/C14H12Cl2N2O/c1-8-3-4-12(9(2)5-8)17-18-13-7-10(15)6-11(16)14(13)19/h3-7,19H,1-2H3. The number of azo groups is 1. The smallest absolute Gasteiger partial charge is 0.161 e. The van der Waals surface area contributed by atoms with Crippen molar-refractivity contribution in [1.29, 1.82) is 0 Å². The molecule has 2 aromatic rings. The van der Waals surface area contributed by atoms with Gasteiger partial charge in [-0.3, -0.25) is 0 Å². The molecule has 3 nitrogen and oxygen atoms in total. The van der Waals surface area contributed by atoms with Crippen LogP contribution >= 0.6 is 23.2 Å². The molecule has 0 saturated carbocycles. The lowest BCUT2D eigenvalue weighted by Gasteiger charge is -2.03. The van der Waals surface area contributed by atoms with E-state index in [0.29, 0.717) is 5.02 Å². The van der Waals surface area contributed by atoms with Gasteiger partial charge in [-0.2, -0.15) is 5.11 Å². The van der Waals surface area contributed by atoms with Crippen LogP contribution in [0.2, 0.25) is 10.0 Å². The Kier molecular flexibility index (Phi) is 4.08. The third-order valence-corrected chi connectivity index (χ3v) is 3.13. The Morgan fingerprint density at radius 3 is 2.32 bits per heavy atom. The molecule has 0 fully saturated rings. The van der Waals surface area contributed by atoms with Gasteiger partial charge < -0.3 is 5.11 Å². The summed E-state index contributed by atoms with van der Waals surface area (Å²) in [5, 5.41) is 18.4. The van der Waals surface area contributed by atoms with Gasteiger partial charge in [-0.25, -0.2) is 0 Å². The van der Waals surface area contributed by atoms with Gasteiger partial charge in [0.05, 0.1) is 10.7 Å². The topological polar surface area (TPSA) is 45.0 Å². The van der Waals surface area contributed by atoms with Crippen LogP contribution in [0.15, 0.2) is 40.6 Å². The molecule has 0 aliphatic heterocycles. The zero-order valence-electron chi connectivity index (χ0n) is 10.5. The minimum atomic E-state index is -0.125. The van der Waals surface area contributed by atoms with Gasteiger partial charge >= 0.3 is 0 Å². The molecule has 2 rings (SSSR count). The Bertz CT molecular complexity index is 654. The molecule has 0 unspecified atom stereocenters. The van der Waals surface area contributed by atoms with Crippen LogP contribution < -0.4 is 0 Å². The fraction of sp³-hybridized carbons (Fsp3) is 0.143. The number of phenols is 1. The molecule has 0 saturated heterocycles. The van der Waals surface area contributed by atoms with Gasteiger partial charge in [0, 0.05) is 5.02 Å². The predicted octanol–water partition coefficient (Wildman–Crippen LogP) is 5.73. The maximum absolute atomic E-state index is 9.77. The van der Waals surface area contributed by atoms with E-state index in [-0.39, 0.29) is 16.5 Å².